The van der Waals surface area contributed by atoms with Crippen molar-refractivity contribution in [1.82, 2.24) is 5.32 Å². The summed E-state index contributed by atoms with van der Waals surface area (Å²) in [4.78, 5) is 10.9. The Hall–Kier alpha value is -1.59. The Labute approximate surface area is 107 Å². The molecule has 5 heteroatoms. The summed E-state index contributed by atoms with van der Waals surface area (Å²) in [7, 11) is 0. The number of carbonyl (C=O) groups excluding carboxylic acids is 1. The molecule has 4 N–H and O–H groups in total. The van der Waals surface area contributed by atoms with Gasteiger partial charge in [0.2, 0.25) is 5.91 Å². The second-order valence-electron chi connectivity index (χ2n) is 4.45. The highest BCUT2D eigenvalue weighted by Crippen LogP contribution is 2.14. The van der Waals surface area contributed by atoms with Crippen LogP contribution >= 0.6 is 0 Å². The van der Waals surface area contributed by atoms with Gasteiger partial charge in [0, 0.05) is 12.1 Å². The number of benzene rings is 1. The first-order valence-corrected chi connectivity index (χ1v) is 5.90. The Bertz CT molecular complexity index is 388. The van der Waals surface area contributed by atoms with Crippen LogP contribution in [0.1, 0.15) is 24.2 Å². The standard InChI is InChI=1S/C13H20N2O3/c1-3-15-8-13(2,17)9-18-11-6-4-10(5-7-11)12(14)16/h4-7,15,17H,3,8-9H2,1-2H3,(H2,14,16). The maximum atomic E-state index is 10.9. The van der Waals surface area contributed by atoms with Gasteiger partial charge in [-0.3, -0.25) is 4.79 Å². The fraction of sp³-hybridized carbons (Fsp3) is 0.462. The number of likely N-dealkylation sites (N-methyl/N-ethyl adjacent to an activating group) is 1. The maximum Gasteiger partial charge on any atom is 0.248 e. The third-order valence-corrected chi connectivity index (χ3v) is 2.44. The Kier molecular flexibility index (Phi) is 5.12. The molecular weight excluding hydrogens is 232 g/mol. The van der Waals surface area contributed by atoms with Crippen LogP contribution in [0.2, 0.25) is 0 Å². The molecule has 0 aliphatic carbocycles. The molecule has 1 atom stereocenters. The summed E-state index contributed by atoms with van der Waals surface area (Å²) in [6.07, 6.45) is 0. The summed E-state index contributed by atoms with van der Waals surface area (Å²) in [5.74, 6) is 0.123. The third kappa shape index (κ3) is 4.73. The fourth-order valence-corrected chi connectivity index (χ4v) is 1.40. The van der Waals surface area contributed by atoms with E-state index in [1.165, 1.54) is 0 Å². The summed E-state index contributed by atoms with van der Waals surface area (Å²) in [6, 6.07) is 6.50. The molecule has 0 spiro atoms. The minimum absolute atomic E-state index is 0.177. The number of amides is 1. The zero-order valence-electron chi connectivity index (χ0n) is 10.8. The lowest BCUT2D eigenvalue weighted by molar-refractivity contribution is 0.0127. The molecular formula is C13H20N2O3. The van der Waals surface area contributed by atoms with Crippen molar-refractivity contribution in [2.75, 3.05) is 19.7 Å². The van der Waals surface area contributed by atoms with Gasteiger partial charge >= 0.3 is 0 Å². The second kappa shape index (κ2) is 6.37. The van der Waals surface area contributed by atoms with Crippen molar-refractivity contribution in [1.29, 1.82) is 0 Å². The SMILES string of the molecule is CCNCC(C)(O)COc1ccc(C(N)=O)cc1. The van der Waals surface area contributed by atoms with Gasteiger partial charge < -0.3 is 20.9 Å². The first kappa shape index (κ1) is 14.5. The minimum atomic E-state index is -0.932. The number of primary amides is 1. The molecule has 1 unspecified atom stereocenters. The molecule has 0 bridgehead atoms. The first-order valence-electron chi connectivity index (χ1n) is 5.90. The Morgan fingerprint density at radius 3 is 2.56 bits per heavy atom. The Morgan fingerprint density at radius 1 is 1.44 bits per heavy atom. The molecule has 0 radical (unpaired) electrons. The van der Waals surface area contributed by atoms with E-state index in [9.17, 15) is 9.90 Å². The lowest BCUT2D eigenvalue weighted by Crippen LogP contribution is -2.42. The molecule has 0 heterocycles. The van der Waals surface area contributed by atoms with Crippen molar-refractivity contribution in [2.45, 2.75) is 19.4 Å². The number of nitrogens with two attached hydrogens (primary N) is 1. The summed E-state index contributed by atoms with van der Waals surface area (Å²) in [5, 5.41) is 13.0. The second-order valence-corrected chi connectivity index (χ2v) is 4.45. The zero-order valence-corrected chi connectivity index (χ0v) is 10.8. The van der Waals surface area contributed by atoms with E-state index in [1.54, 1.807) is 31.2 Å². The predicted octanol–water partition coefficient (Wildman–Crippen LogP) is 0.525. The molecule has 100 valence electrons. The minimum Gasteiger partial charge on any atom is -0.491 e. The highest BCUT2D eigenvalue weighted by molar-refractivity contribution is 5.92. The van der Waals surface area contributed by atoms with Crippen LogP contribution in [0.3, 0.4) is 0 Å². The van der Waals surface area contributed by atoms with Crippen LogP contribution in [0.5, 0.6) is 5.75 Å². The van der Waals surface area contributed by atoms with Gasteiger partial charge in [-0.25, -0.2) is 0 Å². The third-order valence-electron chi connectivity index (χ3n) is 2.44. The van der Waals surface area contributed by atoms with Crippen molar-refractivity contribution in [3.05, 3.63) is 29.8 Å². The van der Waals surface area contributed by atoms with Gasteiger partial charge in [0.25, 0.3) is 0 Å². The number of hydrogen-bond acceptors (Lipinski definition) is 4. The molecule has 0 aliphatic heterocycles. The Balaban J connectivity index is 2.50. The number of ether oxygens (including phenoxy) is 1. The smallest absolute Gasteiger partial charge is 0.248 e. The topological polar surface area (TPSA) is 84.6 Å². The molecule has 1 aromatic carbocycles. The van der Waals surface area contributed by atoms with Crippen LogP contribution < -0.4 is 15.8 Å². The van der Waals surface area contributed by atoms with Gasteiger partial charge in [0.1, 0.15) is 18.0 Å². The average molecular weight is 252 g/mol. The van der Waals surface area contributed by atoms with Crippen LogP contribution in [0, 0.1) is 0 Å². The van der Waals surface area contributed by atoms with Crippen molar-refractivity contribution in [2.24, 2.45) is 5.73 Å². The molecule has 1 amide bonds. The highest BCUT2D eigenvalue weighted by atomic mass is 16.5. The van der Waals surface area contributed by atoms with Crippen LogP contribution in [0.15, 0.2) is 24.3 Å². The van der Waals surface area contributed by atoms with Crippen molar-refractivity contribution in [3.63, 3.8) is 0 Å². The average Bonchev–Trinajstić information content (AvgIpc) is 2.35. The summed E-state index contributed by atoms with van der Waals surface area (Å²) >= 11 is 0. The van der Waals surface area contributed by atoms with Crippen molar-refractivity contribution < 1.29 is 14.6 Å². The number of carbonyl (C=O) groups is 1. The number of rotatable bonds is 7. The first-order chi connectivity index (χ1) is 8.44. The summed E-state index contributed by atoms with van der Waals surface area (Å²) in [5.41, 5.74) is 4.63. The predicted molar refractivity (Wildman–Crippen MR) is 69.6 cm³/mol. The monoisotopic (exact) mass is 252 g/mol. The van der Waals surface area contributed by atoms with Crippen molar-refractivity contribution >= 4 is 5.91 Å². The van der Waals surface area contributed by atoms with Crippen LogP contribution in [0.4, 0.5) is 0 Å². The van der Waals surface area contributed by atoms with E-state index < -0.39 is 11.5 Å². The number of aliphatic hydroxyl groups is 1. The van der Waals surface area contributed by atoms with Crippen LogP contribution in [-0.4, -0.2) is 36.3 Å². The Morgan fingerprint density at radius 2 is 2.06 bits per heavy atom. The maximum absolute atomic E-state index is 10.9. The molecule has 0 saturated heterocycles. The molecule has 0 aliphatic rings. The largest absolute Gasteiger partial charge is 0.491 e. The van der Waals surface area contributed by atoms with Crippen LogP contribution in [0.25, 0.3) is 0 Å². The molecule has 5 nitrogen and oxygen atoms in total. The van der Waals surface area contributed by atoms with Gasteiger partial charge in [-0.1, -0.05) is 6.92 Å². The van der Waals surface area contributed by atoms with E-state index in [1.807, 2.05) is 6.92 Å². The van der Waals surface area contributed by atoms with Gasteiger partial charge in [-0.2, -0.15) is 0 Å². The molecule has 1 aromatic rings. The highest BCUT2D eigenvalue weighted by Gasteiger charge is 2.20. The zero-order chi connectivity index (χ0) is 13.6. The molecule has 0 fully saturated rings. The van der Waals surface area contributed by atoms with E-state index in [4.69, 9.17) is 10.5 Å². The van der Waals surface area contributed by atoms with Crippen molar-refractivity contribution in [3.8, 4) is 5.75 Å². The molecule has 18 heavy (non-hydrogen) atoms. The number of hydrogen-bond donors (Lipinski definition) is 3. The summed E-state index contributed by atoms with van der Waals surface area (Å²) < 4.78 is 5.46. The molecule has 0 aromatic heterocycles. The van der Waals surface area contributed by atoms with Gasteiger partial charge in [-0.05, 0) is 37.7 Å². The molecule has 1 rings (SSSR count). The quantitative estimate of drug-likeness (QED) is 0.660. The van der Waals surface area contributed by atoms with E-state index in [2.05, 4.69) is 5.32 Å². The van der Waals surface area contributed by atoms with Crippen LogP contribution in [-0.2, 0) is 0 Å². The fourth-order valence-electron chi connectivity index (χ4n) is 1.40. The van der Waals surface area contributed by atoms with E-state index in [0.717, 1.165) is 6.54 Å². The summed E-state index contributed by atoms with van der Waals surface area (Å²) in [6.45, 7) is 5.11. The lowest BCUT2D eigenvalue weighted by atomic mass is 10.1. The molecule has 0 saturated carbocycles. The van der Waals surface area contributed by atoms with E-state index in [0.29, 0.717) is 17.9 Å². The normalized spacial score (nSPS) is 13.9. The van der Waals surface area contributed by atoms with Gasteiger partial charge in [0.05, 0.1) is 0 Å². The van der Waals surface area contributed by atoms with E-state index in [-0.39, 0.29) is 6.61 Å². The number of nitrogens with one attached hydrogen (secondary N) is 1. The van der Waals surface area contributed by atoms with Gasteiger partial charge in [0.15, 0.2) is 0 Å². The van der Waals surface area contributed by atoms with E-state index >= 15 is 0 Å². The lowest BCUT2D eigenvalue weighted by Gasteiger charge is -2.23. The van der Waals surface area contributed by atoms with Gasteiger partial charge in [-0.15, -0.1) is 0 Å².